The summed E-state index contributed by atoms with van der Waals surface area (Å²) in [6.45, 7) is 8.22. The predicted molar refractivity (Wildman–Crippen MR) is 80.0 cm³/mol. The number of rotatable bonds is 5. The van der Waals surface area contributed by atoms with Crippen LogP contribution in [0.2, 0.25) is 0 Å². The first-order valence-corrected chi connectivity index (χ1v) is 7.56. The highest BCUT2D eigenvalue weighted by molar-refractivity contribution is 5.82. The molecular weight excluding hydrogens is 238 g/mol. The summed E-state index contributed by atoms with van der Waals surface area (Å²) in [6, 6.07) is 0.767. The third kappa shape index (κ3) is 4.77. The third-order valence-electron chi connectivity index (χ3n) is 4.65. The van der Waals surface area contributed by atoms with Gasteiger partial charge in [-0.1, -0.05) is 6.92 Å². The van der Waals surface area contributed by atoms with Gasteiger partial charge in [0.1, 0.15) is 0 Å². The van der Waals surface area contributed by atoms with Crippen molar-refractivity contribution in [2.24, 2.45) is 5.73 Å². The minimum absolute atomic E-state index is 0.0786. The van der Waals surface area contributed by atoms with Crippen molar-refractivity contribution in [1.29, 1.82) is 0 Å². The largest absolute Gasteiger partial charge is 0.350 e. The molecule has 0 aliphatic heterocycles. The molecule has 1 fully saturated rings. The maximum atomic E-state index is 12.3. The quantitative estimate of drug-likeness (QED) is 0.801. The summed E-state index contributed by atoms with van der Waals surface area (Å²) >= 11 is 0. The van der Waals surface area contributed by atoms with Crippen LogP contribution in [0.3, 0.4) is 0 Å². The number of nitrogens with two attached hydrogens (primary N) is 1. The summed E-state index contributed by atoms with van der Waals surface area (Å²) in [5.41, 5.74) is 5.81. The number of amides is 1. The molecule has 4 nitrogen and oxygen atoms in total. The number of carbonyl (C=O) groups excluding carboxylic acids is 1. The van der Waals surface area contributed by atoms with Gasteiger partial charge in [-0.2, -0.15) is 0 Å². The number of carbonyl (C=O) groups is 1. The number of nitrogens with one attached hydrogen (secondary N) is 1. The van der Waals surface area contributed by atoms with E-state index in [1.165, 1.54) is 0 Å². The highest BCUT2D eigenvalue weighted by atomic mass is 16.2. The summed E-state index contributed by atoms with van der Waals surface area (Å²) in [5, 5.41) is 3.13. The maximum absolute atomic E-state index is 12.3. The minimum atomic E-state index is -0.124. The van der Waals surface area contributed by atoms with Crippen LogP contribution in [0.15, 0.2) is 0 Å². The fourth-order valence-corrected chi connectivity index (χ4v) is 2.54. The Morgan fingerprint density at radius 3 is 2.37 bits per heavy atom. The highest BCUT2D eigenvalue weighted by Crippen LogP contribution is 2.22. The van der Waals surface area contributed by atoms with Gasteiger partial charge in [-0.3, -0.25) is 9.69 Å². The maximum Gasteiger partial charge on any atom is 0.237 e. The van der Waals surface area contributed by atoms with Crippen molar-refractivity contribution < 1.29 is 4.79 Å². The number of likely N-dealkylation sites (N-methyl/N-ethyl adjacent to an activating group) is 1. The average Bonchev–Trinajstić information content (AvgIpc) is 2.37. The van der Waals surface area contributed by atoms with Gasteiger partial charge >= 0.3 is 0 Å². The van der Waals surface area contributed by atoms with Crippen LogP contribution in [-0.2, 0) is 4.79 Å². The van der Waals surface area contributed by atoms with Crippen LogP contribution in [0.5, 0.6) is 0 Å². The lowest BCUT2D eigenvalue weighted by Gasteiger charge is -2.37. The molecule has 0 saturated heterocycles. The first-order valence-electron chi connectivity index (χ1n) is 7.56. The van der Waals surface area contributed by atoms with E-state index < -0.39 is 0 Å². The molecule has 1 unspecified atom stereocenters. The second-order valence-corrected chi connectivity index (χ2v) is 6.64. The molecule has 112 valence electrons. The molecule has 0 spiro atoms. The molecular formula is C15H31N3O. The van der Waals surface area contributed by atoms with Crippen LogP contribution >= 0.6 is 0 Å². The topological polar surface area (TPSA) is 58.4 Å². The monoisotopic (exact) mass is 269 g/mol. The lowest BCUT2D eigenvalue weighted by atomic mass is 9.90. The molecule has 1 atom stereocenters. The normalized spacial score (nSPS) is 26.3. The zero-order valence-electron chi connectivity index (χ0n) is 13.2. The molecule has 1 rings (SSSR count). The van der Waals surface area contributed by atoms with Gasteiger partial charge in [0.05, 0.1) is 6.04 Å². The standard InChI is InChI=1S/C15H31N3O/c1-6-15(3,4)17-14(19)11(2)18(5)13-9-7-12(16)8-10-13/h11-13H,6-10,16H2,1-5H3,(H,17,19). The Kier molecular flexibility index (Phi) is 5.81. The number of hydrogen-bond donors (Lipinski definition) is 2. The van der Waals surface area contributed by atoms with Crippen LogP contribution < -0.4 is 11.1 Å². The predicted octanol–water partition coefficient (Wildman–Crippen LogP) is 1.88. The van der Waals surface area contributed by atoms with Crippen molar-refractivity contribution in [3.8, 4) is 0 Å². The van der Waals surface area contributed by atoms with Gasteiger partial charge in [-0.05, 0) is 59.9 Å². The van der Waals surface area contributed by atoms with Gasteiger partial charge in [0.15, 0.2) is 0 Å². The van der Waals surface area contributed by atoms with E-state index in [0.29, 0.717) is 12.1 Å². The number of hydrogen-bond acceptors (Lipinski definition) is 3. The van der Waals surface area contributed by atoms with E-state index in [4.69, 9.17) is 5.73 Å². The Bertz CT molecular complexity index is 296. The summed E-state index contributed by atoms with van der Waals surface area (Å²) in [4.78, 5) is 14.5. The molecule has 0 aromatic rings. The van der Waals surface area contributed by atoms with E-state index in [2.05, 4.69) is 38.0 Å². The van der Waals surface area contributed by atoms with Gasteiger partial charge in [-0.25, -0.2) is 0 Å². The van der Waals surface area contributed by atoms with E-state index in [9.17, 15) is 4.79 Å². The lowest BCUT2D eigenvalue weighted by Crippen LogP contribution is -2.53. The van der Waals surface area contributed by atoms with Crippen molar-refractivity contribution in [2.45, 2.75) is 83.5 Å². The molecule has 0 heterocycles. The minimum Gasteiger partial charge on any atom is -0.350 e. The Hall–Kier alpha value is -0.610. The second-order valence-electron chi connectivity index (χ2n) is 6.64. The first kappa shape index (κ1) is 16.4. The van der Waals surface area contributed by atoms with Crippen molar-refractivity contribution in [1.82, 2.24) is 10.2 Å². The molecule has 1 aliphatic rings. The molecule has 1 amide bonds. The Labute approximate surface area is 118 Å². The molecule has 4 heteroatoms. The van der Waals surface area contributed by atoms with Crippen molar-refractivity contribution in [3.05, 3.63) is 0 Å². The molecule has 1 saturated carbocycles. The van der Waals surface area contributed by atoms with Crippen LogP contribution in [0, 0.1) is 0 Å². The van der Waals surface area contributed by atoms with Crippen molar-refractivity contribution >= 4 is 5.91 Å². The van der Waals surface area contributed by atoms with E-state index in [1.807, 2.05) is 6.92 Å². The van der Waals surface area contributed by atoms with Crippen molar-refractivity contribution in [2.75, 3.05) is 7.05 Å². The van der Waals surface area contributed by atoms with Crippen LogP contribution in [0.4, 0.5) is 0 Å². The van der Waals surface area contributed by atoms with Crippen LogP contribution in [0.25, 0.3) is 0 Å². The smallest absolute Gasteiger partial charge is 0.237 e. The summed E-state index contributed by atoms with van der Waals surface area (Å²) in [7, 11) is 2.06. The van der Waals surface area contributed by atoms with E-state index in [1.54, 1.807) is 0 Å². The third-order valence-corrected chi connectivity index (χ3v) is 4.65. The molecule has 19 heavy (non-hydrogen) atoms. The molecule has 3 N–H and O–H groups in total. The zero-order valence-corrected chi connectivity index (χ0v) is 13.2. The van der Waals surface area contributed by atoms with E-state index >= 15 is 0 Å². The molecule has 0 radical (unpaired) electrons. The molecule has 0 bridgehead atoms. The van der Waals surface area contributed by atoms with E-state index in [-0.39, 0.29) is 17.5 Å². The lowest BCUT2D eigenvalue weighted by molar-refractivity contribution is -0.128. The summed E-state index contributed by atoms with van der Waals surface area (Å²) in [5.74, 6) is 0.129. The van der Waals surface area contributed by atoms with Gasteiger partial charge in [-0.15, -0.1) is 0 Å². The van der Waals surface area contributed by atoms with Crippen LogP contribution in [-0.4, -0.2) is 41.5 Å². The van der Waals surface area contributed by atoms with Gasteiger partial charge < -0.3 is 11.1 Å². The van der Waals surface area contributed by atoms with Crippen molar-refractivity contribution in [3.63, 3.8) is 0 Å². The molecule has 0 aromatic carbocycles. The van der Waals surface area contributed by atoms with Gasteiger partial charge in [0, 0.05) is 17.6 Å². The first-order chi connectivity index (χ1) is 8.76. The highest BCUT2D eigenvalue weighted by Gasteiger charge is 2.29. The average molecular weight is 269 g/mol. The Morgan fingerprint density at radius 2 is 1.89 bits per heavy atom. The summed E-state index contributed by atoms with van der Waals surface area (Å²) < 4.78 is 0. The van der Waals surface area contributed by atoms with Crippen LogP contribution in [0.1, 0.15) is 59.8 Å². The Morgan fingerprint density at radius 1 is 1.37 bits per heavy atom. The van der Waals surface area contributed by atoms with E-state index in [0.717, 1.165) is 32.1 Å². The molecule has 0 aromatic heterocycles. The fourth-order valence-electron chi connectivity index (χ4n) is 2.54. The fraction of sp³-hybridized carbons (Fsp3) is 0.933. The Balaban J connectivity index is 2.51. The van der Waals surface area contributed by atoms with Gasteiger partial charge in [0.25, 0.3) is 0 Å². The number of nitrogens with zero attached hydrogens (tertiary/aromatic N) is 1. The SMILES string of the molecule is CCC(C)(C)NC(=O)C(C)N(C)C1CCC(N)CC1. The van der Waals surface area contributed by atoms with Gasteiger partial charge in [0.2, 0.25) is 5.91 Å². The zero-order chi connectivity index (χ0) is 14.6. The molecule has 1 aliphatic carbocycles. The summed E-state index contributed by atoms with van der Waals surface area (Å²) in [6.07, 6.45) is 5.29. The second kappa shape index (κ2) is 6.71.